The van der Waals surface area contributed by atoms with Gasteiger partial charge in [0, 0.05) is 18.9 Å². The van der Waals surface area contributed by atoms with Gasteiger partial charge in [-0.05, 0) is 45.7 Å². The van der Waals surface area contributed by atoms with E-state index in [1.165, 1.54) is 6.07 Å². The number of halogens is 1. The van der Waals surface area contributed by atoms with Crippen LogP contribution >= 0.6 is 0 Å². The minimum Gasteiger partial charge on any atom is -0.484 e. The van der Waals surface area contributed by atoms with Gasteiger partial charge in [0.2, 0.25) is 0 Å². The van der Waals surface area contributed by atoms with Crippen LogP contribution in [0.3, 0.4) is 0 Å². The molecule has 6 nitrogen and oxygen atoms in total. The first-order valence-electron chi connectivity index (χ1n) is 9.38. The summed E-state index contributed by atoms with van der Waals surface area (Å²) in [5.41, 5.74) is 2.60. The summed E-state index contributed by atoms with van der Waals surface area (Å²) < 4.78 is 27.2. The molecule has 0 saturated carbocycles. The first-order valence-corrected chi connectivity index (χ1v) is 9.38. The lowest BCUT2D eigenvalue weighted by molar-refractivity contribution is 0.0655. The molecule has 0 radical (unpaired) electrons. The number of anilines is 1. The molecule has 3 heterocycles. The maximum atomic E-state index is 14.2. The summed E-state index contributed by atoms with van der Waals surface area (Å²) >= 11 is 0. The molecule has 2 aliphatic heterocycles. The highest BCUT2D eigenvalue weighted by molar-refractivity contribution is 6.08. The highest BCUT2D eigenvalue weighted by atomic mass is 19.1. The molecule has 4 rings (SSSR count). The predicted molar refractivity (Wildman–Crippen MR) is 99.0 cm³/mol. The van der Waals surface area contributed by atoms with Crippen LogP contribution in [0.15, 0.2) is 18.2 Å². The fourth-order valence-corrected chi connectivity index (χ4v) is 4.01. The van der Waals surface area contributed by atoms with Crippen LogP contribution in [0, 0.1) is 19.7 Å². The van der Waals surface area contributed by atoms with Gasteiger partial charge in [0.25, 0.3) is 5.91 Å². The van der Waals surface area contributed by atoms with Crippen molar-refractivity contribution in [3.8, 4) is 5.75 Å². The quantitative estimate of drug-likeness (QED) is 0.809. The summed E-state index contributed by atoms with van der Waals surface area (Å²) in [7, 11) is 0. The fourth-order valence-electron chi connectivity index (χ4n) is 4.01. The molecular formula is C20H24FN3O3. The zero-order valence-corrected chi connectivity index (χ0v) is 15.9. The zero-order chi connectivity index (χ0) is 19.1. The van der Waals surface area contributed by atoms with E-state index in [9.17, 15) is 9.18 Å². The SMILES string of the molecule is Cc1nn(C2CCOCC2)c(C)c1C(=O)N1CC(C)Oc2c(F)cccc21. The van der Waals surface area contributed by atoms with Gasteiger partial charge in [-0.1, -0.05) is 6.07 Å². The average molecular weight is 373 g/mol. The minimum absolute atomic E-state index is 0.136. The Labute approximate surface area is 157 Å². The van der Waals surface area contributed by atoms with Crippen molar-refractivity contribution in [3.63, 3.8) is 0 Å². The molecule has 0 spiro atoms. The van der Waals surface area contributed by atoms with Crippen molar-refractivity contribution in [1.29, 1.82) is 0 Å². The van der Waals surface area contributed by atoms with E-state index in [0.29, 0.717) is 36.7 Å². The van der Waals surface area contributed by atoms with Crippen LogP contribution < -0.4 is 9.64 Å². The van der Waals surface area contributed by atoms with Crippen LogP contribution in [0.25, 0.3) is 0 Å². The van der Waals surface area contributed by atoms with Crippen LogP contribution in [0.2, 0.25) is 0 Å². The number of benzene rings is 1. The summed E-state index contributed by atoms with van der Waals surface area (Å²) in [6, 6.07) is 4.90. The predicted octanol–water partition coefficient (Wildman–Crippen LogP) is 3.42. The number of aryl methyl sites for hydroxylation is 1. The Hall–Kier alpha value is -2.41. The molecule has 1 atom stereocenters. The van der Waals surface area contributed by atoms with E-state index >= 15 is 0 Å². The Balaban J connectivity index is 1.72. The molecule has 1 aromatic carbocycles. The van der Waals surface area contributed by atoms with Gasteiger partial charge in [0.15, 0.2) is 11.6 Å². The number of carbonyl (C=O) groups is 1. The van der Waals surface area contributed by atoms with Gasteiger partial charge in [0.1, 0.15) is 6.10 Å². The van der Waals surface area contributed by atoms with Gasteiger partial charge in [-0.15, -0.1) is 0 Å². The molecule has 1 saturated heterocycles. The number of para-hydroxylation sites is 1. The average Bonchev–Trinajstić information content (AvgIpc) is 2.96. The van der Waals surface area contributed by atoms with Crippen LogP contribution in [-0.4, -0.2) is 41.6 Å². The van der Waals surface area contributed by atoms with E-state index in [2.05, 4.69) is 5.10 Å². The van der Waals surface area contributed by atoms with E-state index in [4.69, 9.17) is 9.47 Å². The number of rotatable bonds is 2. The maximum absolute atomic E-state index is 14.2. The van der Waals surface area contributed by atoms with Crippen molar-refractivity contribution < 1.29 is 18.7 Å². The van der Waals surface area contributed by atoms with Crippen LogP contribution in [0.5, 0.6) is 5.75 Å². The molecule has 7 heteroatoms. The monoisotopic (exact) mass is 373 g/mol. The molecular weight excluding hydrogens is 349 g/mol. The summed E-state index contributed by atoms with van der Waals surface area (Å²) in [6.45, 7) is 7.41. The Morgan fingerprint density at radius 3 is 2.74 bits per heavy atom. The molecule has 1 unspecified atom stereocenters. The van der Waals surface area contributed by atoms with Gasteiger partial charge >= 0.3 is 0 Å². The van der Waals surface area contributed by atoms with E-state index < -0.39 is 5.82 Å². The van der Waals surface area contributed by atoms with Crippen molar-refractivity contribution in [2.75, 3.05) is 24.7 Å². The molecule has 0 N–H and O–H groups in total. The molecule has 1 fully saturated rings. The smallest absolute Gasteiger partial charge is 0.262 e. The van der Waals surface area contributed by atoms with Crippen molar-refractivity contribution in [3.05, 3.63) is 41.0 Å². The minimum atomic E-state index is -0.455. The summed E-state index contributed by atoms with van der Waals surface area (Å²) in [4.78, 5) is 15.0. The third-order valence-electron chi connectivity index (χ3n) is 5.32. The van der Waals surface area contributed by atoms with Gasteiger partial charge in [-0.2, -0.15) is 5.10 Å². The zero-order valence-electron chi connectivity index (χ0n) is 15.9. The largest absolute Gasteiger partial charge is 0.484 e. The number of aromatic nitrogens is 2. The van der Waals surface area contributed by atoms with E-state index in [0.717, 1.165) is 18.5 Å². The van der Waals surface area contributed by atoms with Crippen molar-refractivity contribution in [2.24, 2.45) is 0 Å². The molecule has 1 amide bonds. The molecule has 144 valence electrons. The second-order valence-corrected chi connectivity index (χ2v) is 7.27. The van der Waals surface area contributed by atoms with Crippen LogP contribution in [-0.2, 0) is 4.74 Å². The molecule has 2 aromatic rings. The maximum Gasteiger partial charge on any atom is 0.262 e. The van der Waals surface area contributed by atoms with E-state index in [1.54, 1.807) is 17.0 Å². The Morgan fingerprint density at radius 1 is 1.26 bits per heavy atom. The summed E-state index contributed by atoms with van der Waals surface area (Å²) in [5, 5.41) is 4.65. The topological polar surface area (TPSA) is 56.6 Å². The molecule has 27 heavy (non-hydrogen) atoms. The normalized spacial score (nSPS) is 20.3. The number of nitrogens with zero attached hydrogens (tertiary/aromatic N) is 3. The highest BCUT2D eigenvalue weighted by Crippen LogP contribution is 2.37. The molecule has 0 aliphatic carbocycles. The van der Waals surface area contributed by atoms with Gasteiger partial charge in [0.05, 0.1) is 29.5 Å². The first kappa shape index (κ1) is 18.0. The van der Waals surface area contributed by atoms with Crippen LogP contribution in [0.1, 0.15) is 47.6 Å². The number of hydrogen-bond acceptors (Lipinski definition) is 4. The number of fused-ring (bicyclic) bond motifs is 1. The lowest BCUT2D eigenvalue weighted by Gasteiger charge is -2.33. The van der Waals surface area contributed by atoms with Gasteiger partial charge in [-0.3, -0.25) is 9.48 Å². The third kappa shape index (κ3) is 3.10. The Morgan fingerprint density at radius 2 is 2.00 bits per heavy atom. The number of carbonyl (C=O) groups excluding carboxylic acids is 1. The number of amides is 1. The van der Waals surface area contributed by atoms with Gasteiger partial charge < -0.3 is 14.4 Å². The molecule has 1 aromatic heterocycles. The summed E-state index contributed by atoms with van der Waals surface area (Å²) in [5.74, 6) is -0.481. The molecule has 2 aliphatic rings. The fraction of sp³-hybridized carbons (Fsp3) is 0.500. The van der Waals surface area contributed by atoms with Crippen molar-refractivity contribution in [2.45, 2.75) is 45.8 Å². The second-order valence-electron chi connectivity index (χ2n) is 7.27. The standard InChI is InChI=1S/C20H24FN3O3/c1-12-11-23(17-6-4-5-16(21)19(17)27-12)20(25)18-13(2)22-24(14(18)3)15-7-9-26-10-8-15/h4-6,12,15H,7-11H2,1-3H3. The number of hydrogen-bond donors (Lipinski definition) is 0. The third-order valence-corrected chi connectivity index (χ3v) is 5.32. The van der Waals surface area contributed by atoms with Crippen molar-refractivity contribution >= 4 is 11.6 Å². The van der Waals surface area contributed by atoms with E-state index in [1.807, 2.05) is 25.5 Å². The lowest BCUT2D eigenvalue weighted by Crippen LogP contribution is -2.43. The highest BCUT2D eigenvalue weighted by Gasteiger charge is 2.33. The summed E-state index contributed by atoms with van der Waals surface area (Å²) in [6.07, 6.45) is 1.49. The number of ether oxygens (including phenoxy) is 2. The second kappa shape index (κ2) is 6.96. The Bertz CT molecular complexity index is 874. The Kier molecular flexibility index (Phi) is 4.63. The first-order chi connectivity index (χ1) is 13.0. The van der Waals surface area contributed by atoms with Crippen LogP contribution in [0.4, 0.5) is 10.1 Å². The molecule has 0 bridgehead atoms. The van der Waals surface area contributed by atoms with E-state index in [-0.39, 0.29) is 23.8 Å². The lowest BCUT2D eigenvalue weighted by atomic mass is 10.1. The van der Waals surface area contributed by atoms with Gasteiger partial charge in [-0.25, -0.2) is 4.39 Å². The van der Waals surface area contributed by atoms with Crippen molar-refractivity contribution in [1.82, 2.24) is 9.78 Å².